The third-order valence-corrected chi connectivity index (χ3v) is 8.59. The number of likely N-dealkylation sites (N-methyl/N-ethyl adjacent to an activating group) is 1. The Morgan fingerprint density at radius 1 is 0.878 bits per heavy atom. The maximum absolute atomic E-state index is 13.9. The molecule has 3 aromatic carbocycles. The lowest BCUT2D eigenvalue weighted by Gasteiger charge is -2.55. The quantitative estimate of drug-likeness (QED) is 0.373. The van der Waals surface area contributed by atoms with E-state index in [1.807, 2.05) is 90.7 Å². The summed E-state index contributed by atoms with van der Waals surface area (Å²) in [5.74, 6) is 1.43. The highest BCUT2D eigenvalue weighted by Gasteiger charge is 2.50. The number of hydrazine groups is 1. The first-order valence-electron chi connectivity index (χ1n) is 14.2. The van der Waals surface area contributed by atoms with Crippen LogP contribution in [0.2, 0.25) is 0 Å². The summed E-state index contributed by atoms with van der Waals surface area (Å²) in [6.45, 7) is 3.69. The lowest BCUT2D eigenvalue weighted by Crippen LogP contribution is -2.76. The Morgan fingerprint density at radius 3 is 2.12 bits per heavy atom. The Kier molecular flexibility index (Phi) is 9.59. The zero-order chi connectivity index (χ0) is 28.6. The largest absolute Gasteiger partial charge is 0.336 e. The first-order chi connectivity index (χ1) is 20.0. The molecule has 9 heteroatoms. The highest BCUT2D eigenvalue weighted by Crippen LogP contribution is 2.28. The molecule has 2 fully saturated rings. The number of thioether (sulfide) groups is 1. The molecule has 0 spiro atoms. The van der Waals surface area contributed by atoms with Gasteiger partial charge in [0.15, 0.2) is 0 Å². The second kappa shape index (κ2) is 13.7. The van der Waals surface area contributed by atoms with Crippen molar-refractivity contribution in [3.05, 3.63) is 108 Å². The Labute approximate surface area is 246 Å². The van der Waals surface area contributed by atoms with Crippen molar-refractivity contribution in [2.75, 3.05) is 31.9 Å². The minimum atomic E-state index is -0.675. The zero-order valence-corrected chi connectivity index (χ0v) is 24.2. The molecule has 8 nitrogen and oxygen atoms in total. The van der Waals surface area contributed by atoms with E-state index in [9.17, 15) is 14.4 Å². The van der Waals surface area contributed by atoms with Gasteiger partial charge in [0.25, 0.3) is 0 Å². The van der Waals surface area contributed by atoms with Crippen molar-refractivity contribution >= 4 is 29.6 Å². The maximum atomic E-state index is 13.9. The molecule has 0 bridgehead atoms. The topological polar surface area (TPSA) is 76.2 Å². The molecule has 2 heterocycles. The Balaban J connectivity index is 1.37. The summed E-state index contributed by atoms with van der Waals surface area (Å²) < 4.78 is 0. The van der Waals surface area contributed by atoms with Gasteiger partial charge in [-0.25, -0.2) is 14.8 Å². The smallest absolute Gasteiger partial charge is 0.334 e. The molecule has 0 unspecified atom stereocenters. The summed E-state index contributed by atoms with van der Waals surface area (Å²) in [4.78, 5) is 44.7. The molecule has 41 heavy (non-hydrogen) atoms. The van der Waals surface area contributed by atoms with Crippen LogP contribution in [0.5, 0.6) is 0 Å². The number of carbonyl (C=O) groups excluding carboxylic acids is 3. The van der Waals surface area contributed by atoms with Crippen LogP contribution >= 0.6 is 11.8 Å². The van der Waals surface area contributed by atoms with E-state index in [0.29, 0.717) is 26.1 Å². The van der Waals surface area contributed by atoms with Gasteiger partial charge >= 0.3 is 6.03 Å². The van der Waals surface area contributed by atoms with Crippen LogP contribution in [0.4, 0.5) is 4.79 Å². The van der Waals surface area contributed by atoms with Gasteiger partial charge in [0.1, 0.15) is 12.2 Å². The number of hydrogen-bond donors (Lipinski definition) is 1. The molecule has 5 rings (SSSR count). The minimum absolute atomic E-state index is 0.0528. The van der Waals surface area contributed by atoms with Crippen molar-refractivity contribution in [3.8, 4) is 0 Å². The number of nitrogens with one attached hydrogen (secondary N) is 1. The van der Waals surface area contributed by atoms with Crippen LogP contribution in [0.25, 0.3) is 0 Å². The van der Waals surface area contributed by atoms with Gasteiger partial charge in [0.05, 0.1) is 13.1 Å². The van der Waals surface area contributed by atoms with Crippen LogP contribution in [0.15, 0.2) is 91.0 Å². The van der Waals surface area contributed by atoms with Crippen LogP contribution in [0, 0.1) is 0 Å². The predicted molar refractivity (Wildman–Crippen MR) is 162 cm³/mol. The first-order valence-corrected chi connectivity index (χ1v) is 15.3. The molecule has 214 valence electrons. The summed E-state index contributed by atoms with van der Waals surface area (Å²) in [6.07, 6.45) is -0.182. The van der Waals surface area contributed by atoms with Crippen LogP contribution in [0.1, 0.15) is 23.6 Å². The van der Waals surface area contributed by atoms with E-state index in [0.717, 1.165) is 22.6 Å². The Morgan fingerprint density at radius 2 is 1.49 bits per heavy atom. The molecule has 0 saturated carbocycles. The van der Waals surface area contributed by atoms with Gasteiger partial charge in [-0.1, -0.05) is 97.9 Å². The van der Waals surface area contributed by atoms with Crippen LogP contribution in [-0.4, -0.2) is 81.8 Å². The lowest BCUT2D eigenvalue weighted by atomic mass is 9.99. The van der Waals surface area contributed by atoms with E-state index in [4.69, 9.17) is 0 Å². The number of fused-ring (bicyclic) bond motifs is 1. The number of carbonyl (C=O) groups is 3. The Hall–Kier alpha value is -3.82. The fraction of sp³-hybridized carbons (Fsp3) is 0.344. The third-order valence-electron chi connectivity index (χ3n) is 7.58. The average Bonchev–Trinajstić information content (AvgIpc) is 3.01. The number of amides is 4. The van der Waals surface area contributed by atoms with Gasteiger partial charge < -0.3 is 15.1 Å². The third kappa shape index (κ3) is 6.92. The van der Waals surface area contributed by atoms with Crippen LogP contribution in [0.3, 0.4) is 0 Å². The molecule has 2 aliphatic rings. The van der Waals surface area contributed by atoms with Gasteiger partial charge in [-0.3, -0.25) is 9.59 Å². The second-order valence-corrected chi connectivity index (χ2v) is 11.4. The first kappa shape index (κ1) is 28.7. The number of piperazine rings is 1. The molecule has 3 aromatic rings. The summed E-state index contributed by atoms with van der Waals surface area (Å²) in [6, 6.07) is 28.9. The molecule has 0 radical (unpaired) electrons. The number of benzene rings is 3. The average molecular weight is 572 g/mol. The molecule has 0 aliphatic carbocycles. The number of urea groups is 1. The molecular formula is C32H37N5O3S. The predicted octanol–water partition coefficient (Wildman–Crippen LogP) is 3.99. The van der Waals surface area contributed by atoms with Gasteiger partial charge in [-0.05, 0) is 16.7 Å². The van der Waals surface area contributed by atoms with E-state index in [2.05, 4.69) is 17.4 Å². The van der Waals surface area contributed by atoms with E-state index >= 15 is 0 Å². The highest BCUT2D eigenvalue weighted by atomic mass is 32.2. The normalized spacial score (nSPS) is 19.3. The van der Waals surface area contributed by atoms with E-state index in [-0.39, 0.29) is 30.9 Å². The molecule has 2 saturated heterocycles. The maximum Gasteiger partial charge on any atom is 0.334 e. The molecule has 4 amide bonds. The van der Waals surface area contributed by atoms with Crippen molar-refractivity contribution in [3.63, 3.8) is 0 Å². The van der Waals surface area contributed by atoms with Gasteiger partial charge in [0, 0.05) is 37.6 Å². The summed E-state index contributed by atoms with van der Waals surface area (Å²) >= 11 is 1.78. The second-order valence-electron chi connectivity index (χ2n) is 10.3. The van der Waals surface area contributed by atoms with E-state index in [1.54, 1.807) is 26.7 Å². The van der Waals surface area contributed by atoms with Crippen molar-refractivity contribution in [1.29, 1.82) is 0 Å². The van der Waals surface area contributed by atoms with Crippen molar-refractivity contribution < 1.29 is 14.4 Å². The van der Waals surface area contributed by atoms with Crippen LogP contribution in [-0.2, 0) is 28.3 Å². The molecular weight excluding hydrogens is 534 g/mol. The Bertz CT molecular complexity index is 1310. The van der Waals surface area contributed by atoms with Gasteiger partial charge in [0.2, 0.25) is 11.8 Å². The lowest BCUT2D eigenvalue weighted by molar-refractivity contribution is -0.189. The number of nitrogens with zero attached hydrogens (tertiary/aromatic N) is 4. The van der Waals surface area contributed by atoms with Gasteiger partial charge in [-0.15, -0.1) is 0 Å². The van der Waals surface area contributed by atoms with Gasteiger partial charge in [-0.2, -0.15) is 11.8 Å². The number of rotatable bonds is 10. The van der Waals surface area contributed by atoms with Crippen LogP contribution < -0.4 is 5.32 Å². The van der Waals surface area contributed by atoms with E-state index < -0.39 is 12.2 Å². The fourth-order valence-electron chi connectivity index (χ4n) is 5.50. The van der Waals surface area contributed by atoms with Crippen molar-refractivity contribution in [2.45, 2.75) is 37.8 Å². The minimum Gasteiger partial charge on any atom is -0.336 e. The summed E-state index contributed by atoms with van der Waals surface area (Å²) in [7, 11) is 0. The summed E-state index contributed by atoms with van der Waals surface area (Å²) in [5.41, 5.74) is 3.22. The molecule has 0 aromatic heterocycles. The fourth-order valence-corrected chi connectivity index (χ4v) is 6.42. The van der Waals surface area contributed by atoms with Crippen molar-refractivity contribution in [1.82, 2.24) is 25.1 Å². The SMILES string of the molecule is CCN1CC(=O)N2[C@@H](Cc3ccccc3)C(=O)N(CCSCc3ccccc3)C[C@@H]2N1C(=O)NCc1ccccc1. The number of hydrogen-bond acceptors (Lipinski definition) is 5. The summed E-state index contributed by atoms with van der Waals surface area (Å²) in [5, 5.41) is 6.50. The standard InChI is InChI=1S/C32H37N5O3S/c1-2-35-23-30(38)36-28(20-25-12-6-3-7-13-25)31(39)34(18-19-41-24-27-16-10-5-11-17-27)22-29(36)37(35)32(40)33-21-26-14-8-4-9-15-26/h3-17,28-29H,2,18-24H2,1H3,(H,33,40)/t28-,29-/m0/s1. The monoisotopic (exact) mass is 571 g/mol. The molecule has 2 atom stereocenters. The molecule has 1 N–H and O–H groups in total. The van der Waals surface area contributed by atoms with E-state index in [1.165, 1.54) is 5.56 Å². The zero-order valence-electron chi connectivity index (χ0n) is 23.4. The highest BCUT2D eigenvalue weighted by molar-refractivity contribution is 7.98. The molecule has 2 aliphatic heterocycles. The van der Waals surface area contributed by atoms with Crippen molar-refractivity contribution in [2.24, 2.45) is 0 Å².